The fourth-order valence-corrected chi connectivity index (χ4v) is 0.129. The van der Waals surface area contributed by atoms with Gasteiger partial charge in [0.15, 0.2) is 0 Å². The van der Waals surface area contributed by atoms with Crippen LogP contribution in [0.3, 0.4) is 0 Å². The zero-order valence-electron chi connectivity index (χ0n) is 5.90. The molecule has 0 atom stereocenters. The predicted molar refractivity (Wildman–Crippen MR) is 34.8 cm³/mol. The number of primary amides is 1. The molecule has 0 fully saturated rings. The Balaban J connectivity index is 0. The predicted octanol–water partition coefficient (Wildman–Crippen LogP) is -0.963. The lowest BCUT2D eigenvalue weighted by molar-refractivity contribution is -0.147. The summed E-state index contributed by atoms with van der Waals surface area (Å²) in [5.74, 6) is -2.96. The molecular formula is C5H9NO5. The first-order valence-electron chi connectivity index (χ1n) is 2.56. The zero-order valence-corrected chi connectivity index (χ0v) is 5.90. The van der Waals surface area contributed by atoms with Crippen LogP contribution in [0.5, 0.6) is 0 Å². The Morgan fingerprint density at radius 1 is 1.18 bits per heavy atom. The molecule has 0 aliphatic heterocycles. The lowest BCUT2D eigenvalue weighted by Crippen LogP contribution is -2.03. The summed E-state index contributed by atoms with van der Waals surface area (Å²) in [5.41, 5.74) is 4.47. The molecule has 0 aromatic carbocycles. The summed E-state index contributed by atoms with van der Waals surface area (Å²) in [6.45, 7) is 1.31. The Kier molecular flexibility index (Phi) is 7.19. The maximum Gasteiger partial charge on any atom is 0.314 e. The van der Waals surface area contributed by atoms with Gasteiger partial charge in [-0.2, -0.15) is 0 Å². The van der Waals surface area contributed by atoms with E-state index in [4.69, 9.17) is 10.2 Å². The van der Waals surface area contributed by atoms with E-state index in [1.807, 2.05) is 0 Å². The minimum absolute atomic E-state index is 0.333. The van der Waals surface area contributed by atoms with Crippen LogP contribution in [0.4, 0.5) is 0 Å². The van der Waals surface area contributed by atoms with E-state index in [1.165, 1.54) is 6.92 Å². The Hall–Kier alpha value is -1.59. The molecule has 0 radical (unpaired) electrons. The fraction of sp³-hybridized carbons (Fsp3) is 0.400. The second-order valence-electron chi connectivity index (χ2n) is 1.57. The number of rotatable bonds is 2. The number of hydrogen-bond donors (Lipinski definition) is 3. The molecule has 0 heterocycles. The quantitative estimate of drug-likeness (QED) is 0.453. The van der Waals surface area contributed by atoms with Crippen molar-refractivity contribution in [2.45, 2.75) is 13.3 Å². The molecule has 64 valence electrons. The van der Waals surface area contributed by atoms with Gasteiger partial charge in [-0.3, -0.25) is 14.4 Å². The Labute approximate surface area is 62.6 Å². The second kappa shape index (κ2) is 6.53. The molecule has 0 saturated heterocycles. The van der Waals surface area contributed by atoms with E-state index in [1.54, 1.807) is 0 Å². The summed E-state index contributed by atoms with van der Waals surface area (Å²) >= 11 is 0. The van der Waals surface area contributed by atoms with Gasteiger partial charge in [0.1, 0.15) is 6.42 Å². The van der Waals surface area contributed by atoms with E-state index < -0.39 is 18.4 Å². The molecule has 1 amide bonds. The topological polar surface area (TPSA) is 118 Å². The highest BCUT2D eigenvalue weighted by Gasteiger charge is 2.01. The van der Waals surface area contributed by atoms with Gasteiger partial charge in [0.2, 0.25) is 5.91 Å². The third-order valence-corrected chi connectivity index (χ3v) is 0.302. The van der Waals surface area contributed by atoms with Gasteiger partial charge in [0.25, 0.3) is 0 Å². The molecule has 0 rings (SSSR count). The maximum atomic E-state index is 9.43. The van der Waals surface area contributed by atoms with Crippen LogP contribution < -0.4 is 5.73 Å². The highest BCUT2D eigenvalue weighted by atomic mass is 16.4. The van der Waals surface area contributed by atoms with Gasteiger partial charge in [-0.1, -0.05) is 0 Å². The van der Waals surface area contributed by atoms with Crippen LogP contribution in [0.25, 0.3) is 0 Å². The van der Waals surface area contributed by atoms with Gasteiger partial charge in [-0.25, -0.2) is 0 Å². The Bertz CT molecular complexity index is 148. The monoisotopic (exact) mass is 163 g/mol. The van der Waals surface area contributed by atoms with Crippen LogP contribution in [0.15, 0.2) is 0 Å². The van der Waals surface area contributed by atoms with Crippen molar-refractivity contribution in [3.8, 4) is 0 Å². The van der Waals surface area contributed by atoms with Crippen LogP contribution in [0, 0.1) is 0 Å². The first kappa shape index (κ1) is 12.1. The minimum atomic E-state index is -1.31. The van der Waals surface area contributed by atoms with Gasteiger partial charge in [-0.05, 0) is 0 Å². The maximum absolute atomic E-state index is 9.43. The molecule has 0 unspecified atom stereocenters. The number of carbonyl (C=O) groups excluding carboxylic acids is 1. The smallest absolute Gasteiger partial charge is 0.314 e. The van der Waals surface area contributed by atoms with Crippen molar-refractivity contribution in [3.05, 3.63) is 0 Å². The van der Waals surface area contributed by atoms with Crippen LogP contribution >= 0.6 is 0 Å². The van der Waals surface area contributed by atoms with Crippen molar-refractivity contribution in [1.29, 1.82) is 0 Å². The standard InChI is InChI=1S/C3H4O4.C2H5NO/c4-2(5)1-3(6)7;1-2(3)4/h1H2,(H,4,5)(H,6,7);1H3,(H2,3,4). The van der Waals surface area contributed by atoms with Gasteiger partial charge in [0.05, 0.1) is 0 Å². The molecule has 0 aromatic heterocycles. The van der Waals surface area contributed by atoms with E-state index >= 15 is 0 Å². The summed E-state index contributed by atoms with van der Waals surface area (Å²) in [7, 11) is 0. The average molecular weight is 163 g/mol. The van der Waals surface area contributed by atoms with Crippen LogP contribution in [0.1, 0.15) is 13.3 Å². The van der Waals surface area contributed by atoms with Gasteiger partial charge in [-0.15, -0.1) is 0 Å². The highest BCUT2D eigenvalue weighted by Crippen LogP contribution is 1.74. The van der Waals surface area contributed by atoms with E-state index in [2.05, 4.69) is 5.73 Å². The lowest BCUT2D eigenvalue weighted by atomic mass is 10.5. The molecule has 6 heteroatoms. The summed E-state index contributed by atoms with van der Waals surface area (Å²) in [6.07, 6.45) is -0.806. The largest absolute Gasteiger partial charge is 0.481 e. The van der Waals surface area contributed by atoms with Crippen molar-refractivity contribution in [1.82, 2.24) is 0 Å². The third-order valence-electron chi connectivity index (χ3n) is 0.302. The zero-order chi connectivity index (χ0) is 9.44. The third kappa shape index (κ3) is 59.5. The molecule has 4 N–H and O–H groups in total. The van der Waals surface area contributed by atoms with Crippen molar-refractivity contribution in [2.24, 2.45) is 5.73 Å². The molecule has 0 bridgehead atoms. The average Bonchev–Trinajstić information content (AvgIpc) is 1.56. The van der Waals surface area contributed by atoms with Gasteiger partial charge < -0.3 is 15.9 Å². The van der Waals surface area contributed by atoms with Crippen LogP contribution in [-0.2, 0) is 14.4 Å². The molecule has 0 spiro atoms. The summed E-state index contributed by atoms with van der Waals surface area (Å²) in [4.78, 5) is 28.1. The molecule has 6 nitrogen and oxygen atoms in total. The summed E-state index contributed by atoms with van der Waals surface area (Å²) in [6, 6.07) is 0. The van der Waals surface area contributed by atoms with E-state index in [-0.39, 0.29) is 5.91 Å². The molecule has 0 saturated carbocycles. The van der Waals surface area contributed by atoms with Crippen molar-refractivity contribution in [3.63, 3.8) is 0 Å². The number of nitrogens with two attached hydrogens (primary N) is 1. The first-order chi connectivity index (χ1) is 4.86. The number of carboxylic acid groups (broad SMARTS) is 2. The van der Waals surface area contributed by atoms with Crippen LogP contribution in [-0.4, -0.2) is 28.1 Å². The molecule has 0 aromatic rings. The lowest BCUT2D eigenvalue weighted by Gasteiger charge is -1.80. The molecular weight excluding hydrogens is 154 g/mol. The Morgan fingerprint density at radius 2 is 1.36 bits per heavy atom. The number of aliphatic carboxylic acids is 2. The van der Waals surface area contributed by atoms with E-state index in [9.17, 15) is 14.4 Å². The first-order valence-corrected chi connectivity index (χ1v) is 2.56. The molecule has 11 heavy (non-hydrogen) atoms. The SMILES string of the molecule is CC(N)=O.O=C(O)CC(=O)O. The van der Waals surface area contributed by atoms with Crippen molar-refractivity contribution >= 4 is 17.8 Å². The fourth-order valence-electron chi connectivity index (χ4n) is 0.129. The number of carbonyl (C=O) groups is 3. The van der Waals surface area contributed by atoms with Crippen molar-refractivity contribution < 1.29 is 24.6 Å². The Morgan fingerprint density at radius 3 is 1.36 bits per heavy atom. The number of hydrogen-bond acceptors (Lipinski definition) is 3. The molecule has 0 aliphatic carbocycles. The van der Waals surface area contributed by atoms with E-state index in [0.717, 1.165) is 0 Å². The molecule has 0 aliphatic rings. The number of amides is 1. The van der Waals surface area contributed by atoms with Gasteiger partial charge >= 0.3 is 11.9 Å². The normalized spacial score (nSPS) is 7.36. The highest BCUT2D eigenvalue weighted by molar-refractivity contribution is 5.88. The summed E-state index contributed by atoms with van der Waals surface area (Å²) < 4.78 is 0. The van der Waals surface area contributed by atoms with Crippen molar-refractivity contribution in [2.75, 3.05) is 0 Å². The van der Waals surface area contributed by atoms with Gasteiger partial charge in [0, 0.05) is 6.92 Å². The van der Waals surface area contributed by atoms with Crippen LogP contribution in [0.2, 0.25) is 0 Å². The minimum Gasteiger partial charge on any atom is -0.481 e. The van der Waals surface area contributed by atoms with E-state index in [0.29, 0.717) is 0 Å². The summed E-state index contributed by atoms with van der Waals surface area (Å²) in [5, 5.41) is 15.4. The number of carboxylic acids is 2. The second-order valence-corrected chi connectivity index (χ2v) is 1.57.